The molecule has 1 aromatic heterocycles. The van der Waals surface area contributed by atoms with Crippen molar-refractivity contribution in [3.8, 4) is 22.9 Å². The number of ether oxygens (including phenoxy) is 2. The summed E-state index contributed by atoms with van der Waals surface area (Å²) in [7, 11) is 0. The van der Waals surface area contributed by atoms with Crippen LogP contribution in [-0.2, 0) is 0 Å². The van der Waals surface area contributed by atoms with Crippen LogP contribution < -0.4 is 15.2 Å². The Kier molecular flexibility index (Phi) is 2.94. The highest BCUT2D eigenvalue weighted by molar-refractivity contribution is 14.1. The first-order chi connectivity index (χ1) is 8.74. The number of nitrogens with zero attached hydrogens (tertiary/aromatic N) is 2. The first-order valence-corrected chi connectivity index (χ1v) is 6.50. The number of rotatable bonds is 1. The van der Waals surface area contributed by atoms with Crippen LogP contribution in [0.4, 0.5) is 5.82 Å². The number of benzene rings is 1. The molecule has 0 saturated carbocycles. The minimum atomic E-state index is 0.482. The summed E-state index contributed by atoms with van der Waals surface area (Å²) in [5.74, 6) is 2.54. The fourth-order valence-electron chi connectivity index (χ4n) is 1.70. The maximum absolute atomic E-state index is 5.78. The molecule has 0 amide bonds. The van der Waals surface area contributed by atoms with Crippen LogP contribution >= 0.6 is 22.6 Å². The molecular weight excluding hydrogens is 345 g/mol. The minimum Gasteiger partial charge on any atom is -0.486 e. The van der Waals surface area contributed by atoms with Crippen LogP contribution in [0.15, 0.2) is 24.4 Å². The lowest BCUT2D eigenvalue weighted by Gasteiger charge is -2.18. The van der Waals surface area contributed by atoms with Crippen LogP contribution in [0.2, 0.25) is 0 Å². The summed E-state index contributed by atoms with van der Waals surface area (Å²) in [4.78, 5) is 8.52. The van der Waals surface area contributed by atoms with Crippen molar-refractivity contribution < 1.29 is 9.47 Å². The van der Waals surface area contributed by atoms with E-state index >= 15 is 0 Å². The molecule has 0 unspecified atom stereocenters. The zero-order valence-electron chi connectivity index (χ0n) is 9.39. The van der Waals surface area contributed by atoms with Crippen LogP contribution in [0.1, 0.15) is 0 Å². The predicted molar refractivity (Wildman–Crippen MR) is 75.6 cm³/mol. The van der Waals surface area contributed by atoms with Crippen molar-refractivity contribution in [3.63, 3.8) is 0 Å². The molecule has 0 bridgehead atoms. The third-order valence-corrected chi connectivity index (χ3v) is 3.40. The maximum Gasteiger partial charge on any atom is 0.162 e. The predicted octanol–water partition coefficient (Wildman–Crippen LogP) is 2.10. The molecule has 5 nitrogen and oxygen atoms in total. The van der Waals surface area contributed by atoms with Gasteiger partial charge in [-0.3, -0.25) is 0 Å². The number of nitrogen functional groups attached to an aromatic ring is 1. The van der Waals surface area contributed by atoms with E-state index in [0.717, 1.165) is 20.6 Å². The second-order valence-electron chi connectivity index (χ2n) is 3.79. The van der Waals surface area contributed by atoms with E-state index < -0.39 is 0 Å². The molecule has 0 saturated heterocycles. The van der Waals surface area contributed by atoms with Crippen molar-refractivity contribution in [3.05, 3.63) is 28.0 Å². The van der Waals surface area contributed by atoms with E-state index in [9.17, 15) is 0 Å². The minimum absolute atomic E-state index is 0.482. The van der Waals surface area contributed by atoms with E-state index in [1.54, 1.807) is 6.20 Å². The zero-order chi connectivity index (χ0) is 12.5. The molecule has 92 valence electrons. The Bertz CT molecular complexity index is 604. The summed E-state index contributed by atoms with van der Waals surface area (Å²) in [6, 6.07) is 5.63. The Morgan fingerprint density at radius 2 is 1.94 bits per heavy atom. The molecule has 0 aliphatic carbocycles. The molecule has 2 heterocycles. The van der Waals surface area contributed by atoms with Crippen LogP contribution in [-0.4, -0.2) is 23.2 Å². The van der Waals surface area contributed by atoms with Crippen molar-refractivity contribution in [2.75, 3.05) is 18.9 Å². The molecule has 1 aliphatic heterocycles. The smallest absolute Gasteiger partial charge is 0.162 e. The third kappa shape index (κ3) is 2.07. The molecule has 0 fully saturated rings. The SMILES string of the molecule is Nc1nc(-c2ccc3c(c2)OCCO3)ncc1I. The van der Waals surface area contributed by atoms with Gasteiger partial charge in [0.25, 0.3) is 0 Å². The van der Waals surface area contributed by atoms with Crippen LogP contribution in [0.5, 0.6) is 11.5 Å². The third-order valence-electron chi connectivity index (χ3n) is 2.57. The Labute approximate surface area is 117 Å². The molecule has 6 heteroatoms. The number of hydrogen-bond donors (Lipinski definition) is 1. The van der Waals surface area contributed by atoms with Gasteiger partial charge in [0.2, 0.25) is 0 Å². The molecular formula is C12H10IN3O2. The topological polar surface area (TPSA) is 70.3 Å². The number of nitrogens with two attached hydrogens (primary N) is 1. The second kappa shape index (κ2) is 4.60. The van der Waals surface area contributed by atoms with E-state index in [1.165, 1.54) is 0 Å². The zero-order valence-corrected chi connectivity index (χ0v) is 11.5. The Balaban J connectivity index is 2.03. The van der Waals surface area contributed by atoms with Crippen molar-refractivity contribution >= 4 is 28.4 Å². The molecule has 3 rings (SSSR count). The Hall–Kier alpha value is -1.57. The van der Waals surface area contributed by atoms with Crippen LogP contribution in [0.3, 0.4) is 0 Å². The first-order valence-electron chi connectivity index (χ1n) is 5.42. The van der Waals surface area contributed by atoms with E-state index in [0.29, 0.717) is 24.9 Å². The summed E-state index contributed by atoms with van der Waals surface area (Å²) in [5.41, 5.74) is 6.64. The number of hydrogen-bond acceptors (Lipinski definition) is 5. The lowest BCUT2D eigenvalue weighted by atomic mass is 10.2. The Morgan fingerprint density at radius 3 is 2.72 bits per heavy atom. The van der Waals surface area contributed by atoms with Crippen LogP contribution in [0, 0.1) is 3.57 Å². The Morgan fingerprint density at radius 1 is 1.17 bits per heavy atom. The quantitative estimate of drug-likeness (QED) is 0.794. The fourth-order valence-corrected chi connectivity index (χ4v) is 1.96. The van der Waals surface area contributed by atoms with Gasteiger partial charge in [-0.2, -0.15) is 0 Å². The van der Waals surface area contributed by atoms with Gasteiger partial charge < -0.3 is 15.2 Å². The summed E-state index contributed by atoms with van der Waals surface area (Å²) in [6.45, 7) is 1.14. The van der Waals surface area contributed by atoms with Crippen molar-refractivity contribution in [2.45, 2.75) is 0 Å². The van der Waals surface area contributed by atoms with Crippen molar-refractivity contribution in [1.82, 2.24) is 9.97 Å². The van der Waals surface area contributed by atoms with Crippen molar-refractivity contribution in [1.29, 1.82) is 0 Å². The van der Waals surface area contributed by atoms with Gasteiger partial charge in [-0.25, -0.2) is 9.97 Å². The lowest BCUT2D eigenvalue weighted by Crippen LogP contribution is -2.15. The first kappa shape index (κ1) is 11.5. The normalized spacial score (nSPS) is 13.4. The van der Waals surface area contributed by atoms with E-state index in [2.05, 4.69) is 32.6 Å². The number of anilines is 1. The van der Waals surface area contributed by atoms with Gasteiger partial charge in [-0.05, 0) is 40.8 Å². The number of aromatic nitrogens is 2. The van der Waals surface area contributed by atoms with Gasteiger partial charge in [0.05, 0.1) is 3.57 Å². The summed E-state index contributed by atoms with van der Waals surface area (Å²) in [6.07, 6.45) is 1.70. The second-order valence-corrected chi connectivity index (χ2v) is 4.95. The van der Waals surface area contributed by atoms with Gasteiger partial charge >= 0.3 is 0 Å². The van der Waals surface area contributed by atoms with Gasteiger partial charge in [0, 0.05) is 11.8 Å². The monoisotopic (exact) mass is 355 g/mol. The average Bonchev–Trinajstić information content (AvgIpc) is 2.41. The fraction of sp³-hybridized carbons (Fsp3) is 0.167. The summed E-state index contributed by atoms with van der Waals surface area (Å²) in [5, 5.41) is 0. The molecule has 0 spiro atoms. The summed E-state index contributed by atoms with van der Waals surface area (Å²) < 4.78 is 11.8. The van der Waals surface area contributed by atoms with Gasteiger partial charge in [-0.1, -0.05) is 0 Å². The molecule has 18 heavy (non-hydrogen) atoms. The number of fused-ring (bicyclic) bond motifs is 1. The van der Waals surface area contributed by atoms with E-state index in [4.69, 9.17) is 15.2 Å². The lowest BCUT2D eigenvalue weighted by molar-refractivity contribution is 0.171. The maximum atomic E-state index is 5.78. The summed E-state index contributed by atoms with van der Waals surface area (Å²) >= 11 is 2.10. The highest BCUT2D eigenvalue weighted by atomic mass is 127. The highest BCUT2D eigenvalue weighted by Crippen LogP contribution is 2.33. The molecule has 1 aliphatic rings. The number of halogens is 1. The molecule has 2 aromatic rings. The standard InChI is InChI=1S/C12H10IN3O2/c13-8-6-15-12(16-11(8)14)7-1-2-9-10(5-7)18-4-3-17-9/h1-2,5-6H,3-4H2,(H2,14,15,16). The molecule has 0 atom stereocenters. The van der Waals surface area contributed by atoms with E-state index in [1.807, 2.05) is 18.2 Å². The largest absolute Gasteiger partial charge is 0.486 e. The molecule has 2 N–H and O–H groups in total. The van der Waals surface area contributed by atoms with Crippen LogP contribution in [0.25, 0.3) is 11.4 Å². The van der Waals surface area contributed by atoms with Crippen molar-refractivity contribution in [2.24, 2.45) is 0 Å². The molecule has 1 aromatic carbocycles. The van der Waals surface area contributed by atoms with Gasteiger partial charge in [-0.15, -0.1) is 0 Å². The van der Waals surface area contributed by atoms with Gasteiger partial charge in [0.1, 0.15) is 19.0 Å². The highest BCUT2D eigenvalue weighted by Gasteiger charge is 2.13. The van der Waals surface area contributed by atoms with Gasteiger partial charge in [0.15, 0.2) is 17.3 Å². The average molecular weight is 355 g/mol. The molecule has 0 radical (unpaired) electrons. The van der Waals surface area contributed by atoms with E-state index in [-0.39, 0.29) is 0 Å².